The zero-order chi connectivity index (χ0) is 12.8. The molecule has 0 aromatic rings. The van der Waals surface area contributed by atoms with E-state index < -0.39 is 6.04 Å². The van der Waals surface area contributed by atoms with Crippen LogP contribution in [0, 0.1) is 5.92 Å². The van der Waals surface area contributed by atoms with E-state index in [-0.39, 0.29) is 36.2 Å². The van der Waals surface area contributed by atoms with Crippen LogP contribution >= 0.6 is 12.4 Å². The minimum absolute atomic E-state index is 0. The molecule has 1 fully saturated rings. The zero-order valence-electron chi connectivity index (χ0n) is 11.2. The van der Waals surface area contributed by atoms with Crippen molar-refractivity contribution in [2.45, 2.75) is 45.2 Å². The van der Waals surface area contributed by atoms with Gasteiger partial charge in [0.15, 0.2) is 0 Å². The second-order valence-corrected chi connectivity index (χ2v) is 4.81. The fraction of sp³-hybridized carbons (Fsp3) is 0.833. The van der Waals surface area contributed by atoms with E-state index in [1.807, 2.05) is 13.8 Å². The minimum atomic E-state index is -0.547. The average molecular weight is 279 g/mol. The number of esters is 1. The Labute approximate surface area is 114 Å². The molecule has 2 unspecified atom stereocenters. The van der Waals surface area contributed by atoms with Gasteiger partial charge in [-0.1, -0.05) is 13.8 Å². The van der Waals surface area contributed by atoms with E-state index in [4.69, 9.17) is 0 Å². The van der Waals surface area contributed by atoms with Crippen molar-refractivity contribution >= 4 is 24.3 Å². The Morgan fingerprint density at radius 1 is 1.44 bits per heavy atom. The zero-order valence-corrected chi connectivity index (χ0v) is 12.0. The minimum Gasteiger partial charge on any atom is -0.467 e. The lowest BCUT2D eigenvalue weighted by Crippen LogP contribution is -2.46. The smallest absolute Gasteiger partial charge is 0.328 e. The summed E-state index contributed by atoms with van der Waals surface area (Å²) in [4.78, 5) is 23.2. The van der Waals surface area contributed by atoms with Crippen molar-refractivity contribution in [3.8, 4) is 0 Å². The summed E-state index contributed by atoms with van der Waals surface area (Å²) < 4.78 is 4.68. The van der Waals surface area contributed by atoms with Crippen LogP contribution in [0.15, 0.2) is 0 Å². The number of ether oxygens (including phenoxy) is 1. The number of carbonyl (C=O) groups is 2. The lowest BCUT2D eigenvalue weighted by atomic mass is 10.0. The van der Waals surface area contributed by atoms with Gasteiger partial charge in [0.25, 0.3) is 0 Å². The van der Waals surface area contributed by atoms with E-state index in [9.17, 15) is 9.59 Å². The van der Waals surface area contributed by atoms with Crippen LogP contribution in [0.3, 0.4) is 0 Å². The summed E-state index contributed by atoms with van der Waals surface area (Å²) in [5.74, 6) is -0.441. The van der Waals surface area contributed by atoms with Gasteiger partial charge in [0, 0.05) is 12.5 Å². The van der Waals surface area contributed by atoms with Gasteiger partial charge < -0.3 is 15.4 Å². The maximum absolute atomic E-state index is 11.8. The van der Waals surface area contributed by atoms with Crippen LogP contribution in [0.25, 0.3) is 0 Å². The van der Waals surface area contributed by atoms with Gasteiger partial charge in [0.2, 0.25) is 5.91 Å². The van der Waals surface area contributed by atoms with E-state index in [2.05, 4.69) is 15.4 Å². The number of rotatable bonds is 5. The monoisotopic (exact) mass is 278 g/mol. The lowest BCUT2D eigenvalue weighted by molar-refractivity contribution is -0.146. The first-order valence-electron chi connectivity index (χ1n) is 6.15. The quantitative estimate of drug-likeness (QED) is 0.732. The van der Waals surface area contributed by atoms with Gasteiger partial charge in [0.1, 0.15) is 6.04 Å². The maximum Gasteiger partial charge on any atom is 0.328 e. The van der Waals surface area contributed by atoms with Crippen molar-refractivity contribution in [3.05, 3.63) is 0 Å². The van der Waals surface area contributed by atoms with Crippen LogP contribution < -0.4 is 10.6 Å². The van der Waals surface area contributed by atoms with Gasteiger partial charge in [-0.3, -0.25) is 4.79 Å². The van der Waals surface area contributed by atoms with Crippen molar-refractivity contribution in [2.24, 2.45) is 5.92 Å². The highest BCUT2D eigenvalue weighted by molar-refractivity contribution is 5.85. The maximum atomic E-state index is 11.8. The first kappa shape index (κ1) is 17.2. The third-order valence-electron chi connectivity index (χ3n) is 3.03. The fourth-order valence-electron chi connectivity index (χ4n) is 2.01. The molecule has 1 rings (SSSR count). The van der Waals surface area contributed by atoms with E-state index in [1.165, 1.54) is 7.11 Å². The Balaban J connectivity index is 0.00000289. The molecule has 0 bridgehead atoms. The number of hydrogen-bond acceptors (Lipinski definition) is 4. The molecule has 6 heteroatoms. The van der Waals surface area contributed by atoms with Gasteiger partial charge >= 0.3 is 5.97 Å². The highest BCUT2D eigenvalue weighted by Gasteiger charge is 2.26. The summed E-state index contributed by atoms with van der Waals surface area (Å²) >= 11 is 0. The molecule has 1 amide bonds. The van der Waals surface area contributed by atoms with Crippen LogP contribution in [0.5, 0.6) is 0 Å². The summed E-state index contributed by atoms with van der Waals surface area (Å²) in [7, 11) is 1.34. The topological polar surface area (TPSA) is 67.4 Å². The Kier molecular flexibility index (Phi) is 7.95. The van der Waals surface area contributed by atoms with Crippen LogP contribution in [0.1, 0.15) is 33.1 Å². The molecule has 106 valence electrons. The lowest BCUT2D eigenvalue weighted by Gasteiger charge is -2.20. The molecule has 2 atom stereocenters. The van der Waals surface area contributed by atoms with Crippen molar-refractivity contribution in [2.75, 3.05) is 13.7 Å². The molecule has 2 N–H and O–H groups in total. The van der Waals surface area contributed by atoms with E-state index >= 15 is 0 Å². The largest absolute Gasteiger partial charge is 0.467 e. The molecule has 1 aliphatic heterocycles. The van der Waals surface area contributed by atoms with Crippen LogP contribution in [-0.4, -0.2) is 37.6 Å². The number of amides is 1. The summed E-state index contributed by atoms with van der Waals surface area (Å²) in [6.07, 6.45) is 2.57. The summed E-state index contributed by atoms with van der Waals surface area (Å²) in [6, 6.07) is -0.297. The molecular formula is C12H23ClN2O3. The highest BCUT2D eigenvalue weighted by Crippen LogP contribution is 2.10. The average Bonchev–Trinajstić information content (AvgIpc) is 2.77. The first-order chi connectivity index (χ1) is 8.04. The molecule has 0 aromatic heterocycles. The molecule has 5 nitrogen and oxygen atoms in total. The third-order valence-corrected chi connectivity index (χ3v) is 3.03. The van der Waals surface area contributed by atoms with Gasteiger partial charge in [-0.25, -0.2) is 4.79 Å². The Morgan fingerprint density at radius 3 is 2.56 bits per heavy atom. The Hall–Kier alpha value is -0.810. The Bertz CT molecular complexity index is 278. The SMILES string of the molecule is COC(=O)C(NC(=O)CC1CCCN1)C(C)C.Cl. The van der Waals surface area contributed by atoms with E-state index in [0.717, 1.165) is 19.4 Å². The molecule has 0 aromatic carbocycles. The molecule has 18 heavy (non-hydrogen) atoms. The second kappa shape index (κ2) is 8.32. The number of methoxy groups -OCH3 is 1. The first-order valence-corrected chi connectivity index (χ1v) is 6.15. The molecule has 1 heterocycles. The number of hydrogen-bond donors (Lipinski definition) is 2. The molecule has 1 saturated heterocycles. The summed E-state index contributed by atoms with van der Waals surface area (Å²) in [5.41, 5.74) is 0. The predicted molar refractivity (Wildman–Crippen MR) is 71.7 cm³/mol. The molecule has 1 aliphatic rings. The second-order valence-electron chi connectivity index (χ2n) is 4.81. The van der Waals surface area contributed by atoms with E-state index in [0.29, 0.717) is 6.42 Å². The molecule has 0 radical (unpaired) electrons. The summed E-state index contributed by atoms with van der Waals surface area (Å²) in [5, 5.41) is 6.00. The van der Waals surface area contributed by atoms with Gasteiger partial charge in [-0.05, 0) is 25.3 Å². The molecule has 0 aliphatic carbocycles. The highest BCUT2D eigenvalue weighted by atomic mass is 35.5. The van der Waals surface area contributed by atoms with Crippen molar-refractivity contribution in [1.82, 2.24) is 10.6 Å². The molecular weight excluding hydrogens is 256 g/mol. The molecule has 0 saturated carbocycles. The van der Waals surface area contributed by atoms with Crippen molar-refractivity contribution in [1.29, 1.82) is 0 Å². The van der Waals surface area contributed by atoms with Gasteiger partial charge in [-0.15, -0.1) is 12.4 Å². The number of halogens is 1. The van der Waals surface area contributed by atoms with E-state index in [1.54, 1.807) is 0 Å². The number of carbonyl (C=O) groups excluding carboxylic acids is 2. The Morgan fingerprint density at radius 2 is 2.11 bits per heavy atom. The van der Waals surface area contributed by atoms with Crippen LogP contribution in [0.2, 0.25) is 0 Å². The molecule has 0 spiro atoms. The van der Waals surface area contributed by atoms with Crippen molar-refractivity contribution < 1.29 is 14.3 Å². The standard InChI is InChI=1S/C12H22N2O3.ClH/c1-8(2)11(12(16)17-3)14-10(15)7-9-5-4-6-13-9;/h8-9,11,13H,4-7H2,1-3H3,(H,14,15);1H. The van der Waals surface area contributed by atoms with Gasteiger partial charge in [0.05, 0.1) is 7.11 Å². The van der Waals surface area contributed by atoms with Crippen molar-refractivity contribution in [3.63, 3.8) is 0 Å². The normalized spacial score (nSPS) is 20.1. The van der Waals surface area contributed by atoms with Crippen LogP contribution in [-0.2, 0) is 14.3 Å². The van der Waals surface area contributed by atoms with Gasteiger partial charge in [-0.2, -0.15) is 0 Å². The summed E-state index contributed by atoms with van der Waals surface area (Å²) in [6.45, 7) is 4.74. The third kappa shape index (κ3) is 5.23. The number of nitrogens with one attached hydrogen (secondary N) is 2. The van der Waals surface area contributed by atoms with Crippen LogP contribution in [0.4, 0.5) is 0 Å². The fourth-order valence-corrected chi connectivity index (χ4v) is 2.01. The predicted octanol–water partition coefficient (Wildman–Crippen LogP) is 0.864.